The number of ether oxygens (including phenoxy) is 5. The smallest absolute Gasteiger partial charge is 0.307 e. The fourth-order valence-corrected chi connectivity index (χ4v) is 5.70. The molecular formula is C33H50N2O10. The summed E-state index contributed by atoms with van der Waals surface area (Å²) >= 11 is 0. The Kier molecular flexibility index (Phi) is 13.8. The van der Waals surface area contributed by atoms with Gasteiger partial charge in [-0.05, 0) is 52.5 Å². The van der Waals surface area contributed by atoms with Gasteiger partial charge < -0.3 is 39.4 Å². The van der Waals surface area contributed by atoms with E-state index in [0.717, 1.165) is 12.0 Å². The van der Waals surface area contributed by atoms with Gasteiger partial charge in [-0.15, -0.1) is 0 Å². The Hall–Kier alpha value is -3.06. The molecule has 3 saturated heterocycles. The largest absolute Gasteiger partial charge is 0.466 e. The number of nitrogens with one attached hydrogen (secondary N) is 2. The fourth-order valence-electron chi connectivity index (χ4n) is 5.70. The van der Waals surface area contributed by atoms with E-state index in [1.807, 2.05) is 19.9 Å². The summed E-state index contributed by atoms with van der Waals surface area (Å²) in [6.07, 6.45) is 8.15. The van der Waals surface area contributed by atoms with Crippen molar-refractivity contribution >= 4 is 23.8 Å². The number of amides is 2. The molecule has 3 aliphatic rings. The third-order valence-corrected chi connectivity index (χ3v) is 8.29. The van der Waals surface area contributed by atoms with E-state index in [9.17, 15) is 24.3 Å². The highest BCUT2D eigenvalue weighted by atomic mass is 16.6. The number of epoxide rings is 1. The van der Waals surface area contributed by atoms with Crippen LogP contribution in [0.5, 0.6) is 0 Å². The number of hydrogen-bond acceptors (Lipinski definition) is 10. The van der Waals surface area contributed by atoms with Crippen LogP contribution in [-0.4, -0.2) is 96.9 Å². The van der Waals surface area contributed by atoms with Gasteiger partial charge in [0.1, 0.15) is 23.9 Å². The molecule has 252 valence electrons. The second-order valence-corrected chi connectivity index (χ2v) is 12.3. The summed E-state index contributed by atoms with van der Waals surface area (Å²) in [6.45, 7) is 11.7. The van der Waals surface area contributed by atoms with Crippen LogP contribution >= 0.6 is 0 Å². The van der Waals surface area contributed by atoms with Gasteiger partial charge in [-0.25, -0.2) is 0 Å². The van der Waals surface area contributed by atoms with Crippen molar-refractivity contribution in [2.45, 2.75) is 122 Å². The second kappa shape index (κ2) is 17.0. The van der Waals surface area contributed by atoms with E-state index in [4.69, 9.17) is 23.7 Å². The Morgan fingerprint density at radius 1 is 1.13 bits per heavy atom. The number of rotatable bonds is 14. The Bertz CT molecular complexity index is 1130. The van der Waals surface area contributed by atoms with E-state index in [1.54, 1.807) is 26.0 Å². The minimum absolute atomic E-state index is 0.0255. The van der Waals surface area contributed by atoms with Crippen LogP contribution < -0.4 is 10.6 Å². The minimum atomic E-state index is -0.848. The molecule has 0 bridgehead atoms. The van der Waals surface area contributed by atoms with Crippen molar-refractivity contribution in [2.75, 3.05) is 19.8 Å². The van der Waals surface area contributed by atoms with Crippen molar-refractivity contribution in [3.8, 4) is 0 Å². The van der Waals surface area contributed by atoms with Gasteiger partial charge in [0.2, 0.25) is 11.8 Å². The molecule has 0 aliphatic carbocycles. The third-order valence-electron chi connectivity index (χ3n) is 8.29. The lowest BCUT2D eigenvalue weighted by Gasteiger charge is -2.39. The van der Waals surface area contributed by atoms with Gasteiger partial charge in [0.05, 0.1) is 50.4 Å². The van der Waals surface area contributed by atoms with Gasteiger partial charge in [0, 0.05) is 26.0 Å². The first-order valence-electron chi connectivity index (χ1n) is 15.9. The quantitative estimate of drug-likeness (QED) is 0.112. The molecule has 3 rings (SSSR count). The Morgan fingerprint density at radius 2 is 1.87 bits per heavy atom. The van der Waals surface area contributed by atoms with Crippen LogP contribution in [0.25, 0.3) is 0 Å². The molecule has 0 unspecified atom stereocenters. The summed E-state index contributed by atoms with van der Waals surface area (Å²) in [5, 5.41) is 16.6. The third kappa shape index (κ3) is 11.7. The first-order chi connectivity index (χ1) is 21.3. The normalized spacial score (nSPS) is 32.3. The van der Waals surface area contributed by atoms with Crippen molar-refractivity contribution in [1.82, 2.24) is 10.6 Å². The summed E-state index contributed by atoms with van der Waals surface area (Å²) in [6, 6.07) is -0.142. The highest BCUT2D eigenvalue weighted by molar-refractivity contribution is 5.87. The summed E-state index contributed by atoms with van der Waals surface area (Å²) in [5.74, 6) is -1.07. The van der Waals surface area contributed by atoms with Gasteiger partial charge >= 0.3 is 11.9 Å². The zero-order valence-corrected chi connectivity index (χ0v) is 27.3. The van der Waals surface area contributed by atoms with E-state index in [1.165, 1.54) is 13.0 Å². The lowest BCUT2D eigenvalue weighted by Crippen LogP contribution is -2.51. The van der Waals surface area contributed by atoms with Gasteiger partial charge in [-0.1, -0.05) is 30.7 Å². The monoisotopic (exact) mass is 634 g/mol. The summed E-state index contributed by atoms with van der Waals surface area (Å²) in [4.78, 5) is 47.4. The van der Waals surface area contributed by atoms with Crippen LogP contribution in [0.2, 0.25) is 0 Å². The minimum Gasteiger partial charge on any atom is -0.466 e. The summed E-state index contributed by atoms with van der Waals surface area (Å²) in [7, 11) is 0. The maximum absolute atomic E-state index is 12.5. The number of carbonyl (C=O) groups is 4. The lowest BCUT2D eigenvalue weighted by atomic mass is 9.87. The van der Waals surface area contributed by atoms with E-state index in [0.29, 0.717) is 26.1 Å². The molecule has 12 heteroatoms. The first-order valence-corrected chi connectivity index (χ1v) is 15.9. The van der Waals surface area contributed by atoms with Crippen LogP contribution in [0.4, 0.5) is 0 Å². The van der Waals surface area contributed by atoms with Crippen molar-refractivity contribution < 1.29 is 48.0 Å². The molecule has 0 saturated carbocycles. The molecule has 0 aromatic carbocycles. The molecule has 45 heavy (non-hydrogen) atoms. The zero-order valence-electron chi connectivity index (χ0n) is 27.3. The number of hydrogen-bond donors (Lipinski definition) is 3. The molecule has 12 nitrogen and oxygen atoms in total. The van der Waals surface area contributed by atoms with E-state index in [-0.39, 0.29) is 61.3 Å². The first kappa shape index (κ1) is 36.4. The molecule has 3 N–H and O–H groups in total. The van der Waals surface area contributed by atoms with E-state index >= 15 is 0 Å². The molecule has 0 aromatic heterocycles. The predicted octanol–water partition coefficient (Wildman–Crippen LogP) is 2.43. The fraction of sp³-hybridized carbons (Fsp3) is 0.697. The maximum Gasteiger partial charge on any atom is 0.307 e. The van der Waals surface area contributed by atoms with Crippen LogP contribution in [0.15, 0.2) is 36.0 Å². The van der Waals surface area contributed by atoms with Crippen LogP contribution in [0, 0.1) is 5.92 Å². The predicted molar refractivity (Wildman–Crippen MR) is 165 cm³/mol. The Labute approximate surface area is 265 Å². The van der Waals surface area contributed by atoms with Crippen molar-refractivity contribution in [1.29, 1.82) is 0 Å². The van der Waals surface area contributed by atoms with Gasteiger partial charge in [-0.3, -0.25) is 19.2 Å². The second-order valence-electron chi connectivity index (χ2n) is 12.3. The van der Waals surface area contributed by atoms with Gasteiger partial charge in [0.15, 0.2) is 0 Å². The standard InChI is InChI=1S/C33H50N2O10/c1-7-41-31(39)14-15-34-30(38)17-25-18-33(19-42-33)32(40)28(45-25)12-9-20(2)8-11-27-21(3)16-26(23(5)44-27)35-29(37)13-10-22(4)43-24(6)36/h8-10,12-13,21-23,25-28,32,40H,7,11,14-19H2,1-6H3,(H,34,38)(H,35,37)/b12-9+,13-10-,20-8+/t21-,22+,23-,25-,26-,27+,28-,32-,33-/m1/s1. The molecule has 3 heterocycles. The van der Waals surface area contributed by atoms with Crippen molar-refractivity contribution in [3.05, 3.63) is 36.0 Å². The number of aliphatic hydroxyl groups excluding tert-OH is 1. The molecule has 3 fully saturated rings. The molecule has 3 aliphatic heterocycles. The molecule has 9 atom stereocenters. The van der Waals surface area contributed by atoms with Crippen LogP contribution in [0.3, 0.4) is 0 Å². The number of carbonyl (C=O) groups excluding carboxylic acids is 4. The van der Waals surface area contributed by atoms with Gasteiger partial charge in [0.25, 0.3) is 0 Å². The number of esters is 2. The topological polar surface area (TPSA) is 162 Å². The van der Waals surface area contributed by atoms with Crippen molar-refractivity contribution in [3.63, 3.8) is 0 Å². The van der Waals surface area contributed by atoms with E-state index in [2.05, 4.69) is 23.6 Å². The Balaban J connectivity index is 1.48. The Morgan fingerprint density at radius 3 is 2.53 bits per heavy atom. The number of aliphatic hydroxyl groups is 1. The molecule has 0 aromatic rings. The van der Waals surface area contributed by atoms with Crippen LogP contribution in [-0.2, 0) is 42.9 Å². The van der Waals surface area contributed by atoms with Gasteiger partial charge in [-0.2, -0.15) is 0 Å². The maximum atomic E-state index is 12.5. The summed E-state index contributed by atoms with van der Waals surface area (Å²) in [5.41, 5.74) is 0.270. The molecule has 1 spiro atoms. The average molecular weight is 635 g/mol. The van der Waals surface area contributed by atoms with E-state index < -0.39 is 36.0 Å². The molecule has 2 amide bonds. The SMILES string of the molecule is CCOC(=O)CCNC(=O)C[C@@H]1C[C@@]2(CO2)[C@H](O)[C@@H](/C=C/C(C)=C/C[C@@H]2O[C@H](C)[C@H](NC(=O)/C=C\[C@H](C)OC(C)=O)C[C@H]2C)O1. The highest BCUT2D eigenvalue weighted by Crippen LogP contribution is 2.43. The molecule has 0 radical (unpaired) electrons. The zero-order chi connectivity index (χ0) is 33.1. The van der Waals surface area contributed by atoms with Crippen LogP contribution in [0.1, 0.15) is 73.6 Å². The number of allylic oxidation sites excluding steroid dienone is 2. The summed E-state index contributed by atoms with van der Waals surface area (Å²) < 4.78 is 27.9. The molecular weight excluding hydrogens is 584 g/mol. The van der Waals surface area contributed by atoms with Crippen molar-refractivity contribution in [2.24, 2.45) is 5.92 Å². The highest BCUT2D eigenvalue weighted by Gasteiger charge is 2.58. The lowest BCUT2D eigenvalue weighted by molar-refractivity contribution is -0.146. The average Bonchev–Trinajstić information content (AvgIpc) is 3.73.